The van der Waals surface area contributed by atoms with Crippen molar-refractivity contribution in [1.82, 2.24) is 9.80 Å². The van der Waals surface area contributed by atoms with Gasteiger partial charge in [0, 0.05) is 37.9 Å². The van der Waals surface area contributed by atoms with Crippen molar-refractivity contribution in [3.63, 3.8) is 0 Å². The van der Waals surface area contributed by atoms with Crippen LogP contribution in [0.3, 0.4) is 0 Å². The number of carbonyl (C=O) groups is 2. The first kappa shape index (κ1) is 28.5. The second-order valence-corrected chi connectivity index (χ2v) is 10.8. The van der Waals surface area contributed by atoms with E-state index < -0.39 is 6.04 Å². The normalized spacial score (nSPS) is 16.5. The van der Waals surface area contributed by atoms with Crippen molar-refractivity contribution in [3.05, 3.63) is 95.6 Å². The average molecular weight is 554 g/mol. The van der Waals surface area contributed by atoms with Gasteiger partial charge in [-0.15, -0.1) is 0 Å². The highest BCUT2D eigenvalue weighted by molar-refractivity contribution is 6.03. The van der Waals surface area contributed by atoms with Crippen LogP contribution in [0.5, 0.6) is 0 Å². The van der Waals surface area contributed by atoms with Crippen molar-refractivity contribution in [2.24, 2.45) is 0 Å². The maximum absolute atomic E-state index is 13.7. The highest BCUT2D eigenvalue weighted by Crippen LogP contribution is 2.40. The maximum atomic E-state index is 13.7. The van der Waals surface area contributed by atoms with Crippen LogP contribution in [-0.4, -0.2) is 68.1 Å². The van der Waals surface area contributed by atoms with E-state index in [1.807, 2.05) is 55.6 Å². The number of hydrogen-bond donors (Lipinski definition) is 3. The van der Waals surface area contributed by atoms with Gasteiger partial charge in [0.05, 0.1) is 24.6 Å². The summed E-state index contributed by atoms with van der Waals surface area (Å²) in [4.78, 5) is 30.6. The summed E-state index contributed by atoms with van der Waals surface area (Å²) in [5.41, 5.74) is 10.9. The predicted molar refractivity (Wildman–Crippen MR) is 165 cm³/mol. The summed E-state index contributed by atoms with van der Waals surface area (Å²) in [6.45, 7) is 4.91. The minimum Gasteiger partial charge on any atom is -0.397 e. The molecule has 0 bridgehead atoms. The predicted octanol–water partition coefficient (Wildman–Crippen LogP) is 4.74. The van der Waals surface area contributed by atoms with E-state index in [2.05, 4.69) is 32.6 Å². The molecule has 2 fully saturated rings. The third kappa shape index (κ3) is 8.04. The number of hydrogen-bond acceptors (Lipinski definition) is 6. The number of nitrogens with two attached hydrogens (primary N) is 1. The molecule has 0 aromatic heterocycles. The molecule has 8 nitrogen and oxygen atoms in total. The summed E-state index contributed by atoms with van der Waals surface area (Å²) in [6, 6.07) is 22.7. The Balaban J connectivity index is 1.27. The summed E-state index contributed by atoms with van der Waals surface area (Å²) in [5, 5.41) is 5.93. The van der Waals surface area contributed by atoms with E-state index in [0.717, 1.165) is 56.2 Å². The summed E-state index contributed by atoms with van der Waals surface area (Å²) < 4.78 is 5.48. The lowest BCUT2D eigenvalue weighted by Crippen LogP contribution is -2.43. The number of ether oxygens (including phenoxy) is 1. The van der Waals surface area contributed by atoms with Crippen LogP contribution in [0.2, 0.25) is 0 Å². The molecule has 214 valence electrons. The van der Waals surface area contributed by atoms with Crippen molar-refractivity contribution in [2.75, 3.05) is 62.8 Å². The molecule has 0 radical (unpaired) electrons. The molecular weight excluding hydrogens is 514 g/mol. The topological polar surface area (TPSA) is 99.9 Å². The second kappa shape index (κ2) is 13.6. The monoisotopic (exact) mass is 553 g/mol. The fourth-order valence-electron chi connectivity index (χ4n) is 5.07. The molecular formula is C33H39N5O3. The Kier molecular flexibility index (Phi) is 9.46. The molecule has 3 aromatic carbocycles. The van der Waals surface area contributed by atoms with Crippen LogP contribution in [0.4, 0.5) is 17.1 Å². The quantitative estimate of drug-likeness (QED) is 0.234. The molecule has 41 heavy (non-hydrogen) atoms. The molecule has 1 atom stereocenters. The lowest BCUT2D eigenvalue weighted by molar-refractivity contribution is -0.121. The van der Waals surface area contributed by atoms with Gasteiger partial charge < -0.3 is 21.1 Å². The lowest BCUT2D eigenvalue weighted by Gasteiger charge is -2.32. The standard InChI is InChI=1S/C33H39N5O3/c1-37(18-19-38-20-22-41-23-21-38)32(33(40)35-28-15-13-26(14-16-28)25-11-12-25)27-9-6-24(7-10-27)8-17-31(39)36-30-5-3-2-4-29(30)34/h2-10,13-17,25,32H,11-12,18-23,34H2,1H3,(H,35,40)(H,36,39)/b17-8+. The smallest absolute Gasteiger partial charge is 0.248 e. The Morgan fingerprint density at radius 3 is 2.39 bits per heavy atom. The molecule has 8 heteroatoms. The van der Waals surface area contributed by atoms with Crippen LogP contribution in [0.15, 0.2) is 78.9 Å². The van der Waals surface area contributed by atoms with Crippen LogP contribution < -0.4 is 16.4 Å². The van der Waals surface area contributed by atoms with Crippen LogP contribution in [0, 0.1) is 0 Å². The molecule has 4 N–H and O–H groups in total. The highest BCUT2D eigenvalue weighted by Gasteiger charge is 2.27. The fourth-order valence-corrected chi connectivity index (χ4v) is 5.07. The van der Waals surface area contributed by atoms with E-state index in [1.165, 1.54) is 24.5 Å². The Morgan fingerprint density at radius 1 is 1.00 bits per heavy atom. The number of rotatable bonds is 11. The number of para-hydroxylation sites is 2. The molecule has 1 heterocycles. The van der Waals surface area contributed by atoms with Crippen molar-refractivity contribution in [2.45, 2.75) is 24.8 Å². The average Bonchev–Trinajstić information content (AvgIpc) is 3.84. The van der Waals surface area contributed by atoms with E-state index in [1.54, 1.807) is 18.2 Å². The van der Waals surface area contributed by atoms with Crippen molar-refractivity contribution in [3.8, 4) is 0 Å². The Hall–Kier alpha value is -3.98. The molecule has 1 saturated carbocycles. The molecule has 1 saturated heterocycles. The number of amides is 2. The fraction of sp³-hybridized carbons (Fsp3) is 0.333. The first-order valence-corrected chi connectivity index (χ1v) is 14.3. The third-order valence-electron chi connectivity index (χ3n) is 7.69. The van der Waals surface area contributed by atoms with Gasteiger partial charge in [0.2, 0.25) is 11.8 Å². The van der Waals surface area contributed by atoms with Gasteiger partial charge in [-0.05, 0) is 72.8 Å². The van der Waals surface area contributed by atoms with Gasteiger partial charge in [-0.3, -0.25) is 19.4 Å². The lowest BCUT2D eigenvalue weighted by atomic mass is 10.0. The van der Waals surface area contributed by atoms with E-state index in [9.17, 15) is 9.59 Å². The van der Waals surface area contributed by atoms with Gasteiger partial charge in [0.1, 0.15) is 6.04 Å². The number of carbonyl (C=O) groups excluding carboxylic acids is 2. The molecule has 1 aliphatic carbocycles. The number of likely N-dealkylation sites (N-methyl/N-ethyl adjacent to an activating group) is 1. The summed E-state index contributed by atoms with van der Waals surface area (Å²) in [7, 11) is 1.99. The SMILES string of the molecule is CN(CCN1CCOCC1)C(C(=O)Nc1ccc(C2CC2)cc1)c1ccc(/C=C/C(=O)Nc2ccccc2N)cc1. The maximum Gasteiger partial charge on any atom is 0.248 e. The van der Waals surface area contributed by atoms with Crippen molar-refractivity contribution in [1.29, 1.82) is 0 Å². The van der Waals surface area contributed by atoms with Crippen LogP contribution >= 0.6 is 0 Å². The second-order valence-electron chi connectivity index (χ2n) is 10.8. The van der Waals surface area contributed by atoms with Gasteiger partial charge in [0.25, 0.3) is 0 Å². The summed E-state index contributed by atoms with van der Waals surface area (Å²) in [5.74, 6) is 0.338. The van der Waals surface area contributed by atoms with E-state index in [-0.39, 0.29) is 11.8 Å². The third-order valence-corrected chi connectivity index (χ3v) is 7.69. The largest absolute Gasteiger partial charge is 0.397 e. The number of nitrogens with one attached hydrogen (secondary N) is 2. The van der Waals surface area contributed by atoms with E-state index in [4.69, 9.17) is 10.5 Å². The van der Waals surface area contributed by atoms with Gasteiger partial charge in [-0.1, -0.05) is 48.5 Å². The minimum atomic E-state index is -0.471. The molecule has 1 unspecified atom stereocenters. The van der Waals surface area contributed by atoms with E-state index in [0.29, 0.717) is 17.3 Å². The van der Waals surface area contributed by atoms with Crippen LogP contribution in [0.1, 0.15) is 41.5 Å². The first-order valence-electron chi connectivity index (χ1n) is 14.3. The van der Waals surface area contributed by atoms with Gasteiger partial charge in [0.15, 0.2) is 0 Å². The van der Waals surface area contributed by atoms with Gasteiger partial charge in [-0.2, -0.15) is 0 Å². The minimum absolute atomic E-state index is 0.0724. The van der Waals surface area contributed by atoms with Crippen LogP contribution in [0.25, 0.3) is 6.08 Å². The van der Waals surface area contributed by atoms with E-state index >= 15 is 0 Å². The van der Waals surface area contributed by atoms with Gasteiger partial charge in [-0.25, -0.2) is 0 Å². The summed E-state index contributed by atoms with van der Waals surface area (Å²) in [6.07, 6.45) is 5.72. The molecule has 3 aromatic rings. The number of nitrogen functional groups attached to an aromatic ring is 1. The Bertz CT molecular complexity index is 1350. The Morgan fingerprint density at radius 2 is 1.71 bits per heavy atom. The number of anilines is 3. The van der Waals surface area contributed by atoms with Gasteiger partial charge >= 0.3 is 0 Å². The highest BCUT2D eigenvalue weighted by atomic mass is 16.5. The molecule has 5 rings (SSSR count). The number of benzene rings is 3. The zero-order chi connectivity index (χ0) is 28.6. The van der Waals surface area contributed by atoms with Crippen molar-refractivity contribution < 1.29 is 14.3 Å². The molecule has 1 aliphatic heterocycles. The number of nitrogens with zero attached hydrogens (tertiary/aromatic N) is 2. The molecule has 0 spiro atoms. The van der Waals surface area contributed by atoms with Crippen LogP contribution in [-0.2, 0) is 14.3 Å². The summed E-state index contributed by atoms with van der Waals surface area (Å²) >= 11 is 0. The zero-order valence-corrected chi connectivity index (χ0v) is 23.6. The molecule has 2 aliphatic rings. The number of morpholine rings is 1. The first-order chi connectivity index (χ1) is 20.0. The molecule has 2 amide bonds. The zero-order valence-electron chi connectivity index (χ0n) is 23.6. The van der Waals surface area contributed by atoms with Crippen molar-refractivity contribution >= 4 is 35.0 Å². The Labute approximate surface area is 242 Å².